The zero-order chi connectivity index (χ0) is 17.0. The molecule has 4 heteroatoms. The highest BCUT2D eigenvalue weighted by Crippen LogP contribution is 2.10. The van der Waals surface area contributed by atoms with Crippen molar-refractivity contribution in [2.24, 2.45) is 0 Å². The lowest BCUT2D eigenvalue weighted by atomic mass is 10.1. The van der Waals surface area contributed by atoms with E-state index in [0.29, 0.717) is 6.42 Å². The minimum absolute atomic E-state index is 0.00255. The van der Waals surface area contributed by atoms with Crippen molar-refractivity contribution >= 4 is 11.8 Å². The summed E-state index contributed by atoms with van der Waals surface area (Å²) >= 11 is 0. The minimum Gasteiger partial charge on any atom is -0.341 e. The Balaban J connectivity index is 3.60. The molecular formula is C18H37N2O2+. The topological polar surface area (TPSA) is 46.2 Å². The van der Waals surface area contributed by atoms with Crippen LogP contribution in [0.3, 0.4) is 0 Å². The average Bonchev–Trinajstić information content (AvgIpc) is 2.43. The number of amides is 2. The second kappa shape index (κ2) is 11.6. The van der Waals surface area contributed by atoms with Gasteiger partial charge in [-0.05, 0) is 13.3 Å². The molecule has 2 amide bonds. The summed E-state index contributed by atoms with van der Waals surface area (Å²) in [4.78, 5) is 23.8. The molecule has 0 radical (unpaired) electrons. The van der Waals surface area contributed by atoms with E-state index in [4.69, 9.17) is 0 Å². The molecule has 22 heavy (non-hydrogen) atoms. The first-order chi connectivity index (χ1) is 10.3. The molecule has 0 aromatic heterocycles. The Morgan fingerprint density at radius 2 is 1.32 bits per heavy atom. The number of rotatable bonds is 12. The highest BCUT2D eigenvalue weighted by Gasteiger charge is 2.28. The summed E-state index contributed by atoms with van der Waals surface area (Å²) in [6, 6.07) is -0.411. The van der Waals surface area contributed by atoms with E-state index in [0.717, 1.165) is 12.8 Å². The van der Waals surface area contributed by atoms with Crippen LogP contribution >= 0.6 is 0 Å². The Kier molecular flexibility index (Phi) is 11.2. The van der Waals surface area contributed by atoms with E-state index in [1.165, 1.54) is 44.9 Å². The van der Waals surface area contributed by atoms with Crippen LogP contribution in [0.15, 0.2) is 0 Å². The second-order valence-electron chi connectivity index (χ2n) is 7.22. The van der Waals surface area contributed by atoms with Crippen molar-refractivity contribution in [2.45, 2.75) is 84.1 Å². The van der Waals surface area contributed by atoms with Crippen LogP contribution in [0.5, 0.6) is 0 Å². The fourth-order valence-corrected chi connectivity index (χ4v) is 2.55. The highest BCUT2D eigenvalue weighted by atomic mass is 16.2. The van der Waals surface area contributed by atoms with Gasteiger partial charge in [-0.25, -0.2) is 4.79 Å². The number of quaternary nitrogens is 1. The van der Waals surface area contributed by atoms with Crippen molar-refractivity contribution < 1.29 is 14.1 Å². The van der Waals surface area contributed by atoms with Crippen molar-refractivity contribution in [1.82, 2.24) is 5.32 Å². The maximum absolute atomic E-state index is 12.0. The van der Waals surface area contributed by atoms with E-state index >= 15 is 0 Å². The Hall–Kier alpha value is -0.900. The van der Waals surface area contributed by atoms with Crippen LogP contribution in [-0.4, -0.2) is 43.5 Å². The normalized spacial score (nSPS) is 13.0. The van der Waals surface area contributed by atoms with Crippen molar-refractivity contribution in [3.05, 3.63) is 0 Å². The van der Waals surface area contributed by atoms with Crippen molar-refractivity contribution in [3.63, 3.8) is 0 Å². The Morgan fingerprint density at radius 3 is 1.77 bits per heavy atom. The van der Waals surface area contributed by atoms with Crippen LogP contribution in [-0.2, 0) is 9.59 Å². The zero-order valence-electron chi connectivity index (χ0n) is 15.4. The molecule has 0 spiro atoms. The predicted molar refractivity (Wildman–Crippen MR) is 92.5 cm³/mol. The third kappa shape index (κ3) is 10.8. The highest BCUT2D eigenvalue weighted by molar-refractivity contribution is 5.83. The third-order valence-electron chi connectivity index (χ3n) is 3.92. The maximum atomic E-state index is 12.0. The van der Waals surface area contributed by atoms with E-state index in [1.54, 1.807) is 6.92 Å². The molecular weight excluding hydrogens is 276 g/mol. The molecule has 0 fully saturated rings. The van der Waals surface area contributed by atoms with Gasteiger partial charge in [0.1, 0.15) is 6.04 Å². The number of hydrogen-bond acceptors (Lipinski definition) is 2. The van der Waals surface area contributed by atoms with Crippen LogP contribution in [0.1, 0.15) is 78.1 Å². The third-order valence-corrected chi connectivity index (χ3v) is 3.92. The van der Waals surface area contributed by atoms with Gasteiger partial charge in [-0.1, -0.05) is 58.3 Å². The lowest BCUT2D eigenvalue weighted by Crippen LogP contribution is -2.52. The molecule has 0 aromatic rings. The fraction of sp³-hybridized carbons (Fsp3) is 0.889. The van der Waals surface area contributed by atoms with E-state index in [9.17, 15) is 9.59 Å². The van der Waals surface area contributed by atoms with E-state index in [1.807, 2.05) is 21.1 Å². The van der Waals surface area contributed by atoms with Gasteiger partial charge >= 0.3 is 5.91 Å². The summed E-state index contributed by atoms with van der Waals surface area (Å²) < 4.78 is 0.236. The SMILES string of the molecule is CCCCCCCCCCCC(=O)NC(C)C(=O)[N+](C)(C)C. The van der Waals surface area contributed by atoms with Gasteiger partial charge in [0, 0.05) is 6.42 Å². The monoisotopic (exact) mass is 313 g/mol. The quantitative estimate of drug-likeness (QED) is 0.441. The standard InChI is InChI=1S/C18H36N2O2/c1-6-7-8-9-10-11-12-13-14-15-17(21)19-16(2)18(22)20(3,4)5/h16H,6-15H2,1-5H3/p+1. The van der Waals surface area contributed by atoms with Crippen LogP contribution < -0.4 is 5.32 Å². The molecule has 0 rings (SSSR count). The van der Waals surface area contributed by atoms with E-state index in [2.05, 4.69) is 12.2 Å². The van der Waals surface area contributed by atoms with E-state index in [-0.39, 0.29) is 16.3 Å². The summed E-state index contributed by atoms with van der Waals surface area (Å²) in [7, 11) is 5.47. The molecule has 1 atom stereocenters. The summed E-state index contributed by atoms with van der Waals surface area (Å²) in [5, 5.41) is 2.81. The largest absolute Gasteiger partial charge is 0.341 e. The molecule has 130 valence electrons. The maximum Gasteiger partial charge on any atom is 0.335 e. The van der Waals surface area contributed by atoms with Gasteiger partial charge in [0.2, 0.25) is 5.91 Å². The predicted octanol–water partition coefficient (Wildman–Crippen LogP) is 3.64. The van der Waals surface area contributed by atoms with Gasteiger partial charge in [-0.3, -0.25) is 9.28 Å². The Morgan fingerprint density at radius 1 is 0.864 bits per heavy atom. The van der Waals surface area contributed by atoms with Crippen molar-refractivity contribution in [2.75, 3.05) is 21.1 Å². The first-order valence-electron chi connectivity index (χ1n) is 8.94. The van der Waals surface area contributed by atoms with Crippen molar-refractivity contribution in [3.8, 4) is 0 Å². The zero-order valence-corrected chi connectivity index (χ0v) is 15.4. The molecule has 0 saturated heterocycles. The van der Waals surface area contributed by atoms with E-state index < -0.39 is 6.04 Å². The Labute approximate surface area is 137 Å². The van der Waals surface area contributed by atoms with Gasteiger partial charge in [0.15, 0.2) is 0 Å². The van der Waals surface area contributed by atoms with Crippen LogP contribution in [0.25, 0.3) is 0 Å². The number of carbonyl (C=O) groups is 2. The summed E-state index contributed by atoms with van der Waals surface area (Å²) in [5.74, 6) is 0.0256. The molecule has 1 N–H and O–H groups in total. The Bertz CT molecular complexity index is 322. The molecule has 0 aliphatic rings. The number of carbonyl (C=O) groups excluding carboxylic acids is 2. The summed E-state index contributed by atoms with van der Waals surface area (Å²) in [5.41, 5.74) is 0. The van der Waals surface area contributed by atoms with Gasteiger partial charge in [0.05, 0.1) is 21.1 Å². The molecule has 1 unspecified atom stereocenters. The van der Waals surface area contributed by atoms with Crippen LogP contribution in [0.2, 0.25) is 0 Å². The average molecular weight is 314 g/mol. The molecule has 4 nitrogen and oxygen atoms in total. The fourth-order valence-electron chi connectivity index (χ4n) is 2.55. The van der Waals surface area contributed by atoms with Crippen LogP contribution in [0, 0.1) is 0 Å². The van der Waals surface area contributed by atoms with Gasteiger partial charge in [0.25, 0.3) is 0 Å². The second-order valence-corrected chi connectivity index (χ2v) is 7.22. The lowest BCUT2D eigenvalue weighted by molar-refractivity contribution is -0.792. The number of likely N-dealkylation sites (N-methyl/N-ethyl adjacent to an activating group) is 1. The molecule has 0 heterocycles. The van der Waals surface area contributed by atoms with Crippen molar-refractivity contribution in [1.29, 1.82) is 0 Å². The summed E-state index contributed by atoms with van der Waals surface area (Å²) in [6.07, 6.45) is 11.7. The molecule has 0 bridgehead atoms. The minimum atomic E-state index is -0.411. The number of nitrogens with one attached hydrogen (secondary N) is 1. The lowest BCUT2D eigenvalue weighted by Gasteiger charge is -2.24. The van der Waals surface area contributed by atoms with Gasteiger partial charge in [-0.2, -0.15) is 0 Å². The number of unbranched alkanes of at least 4 members (excludes halogenated alkanes) is 8. The smallest absolute Gasteiger partial charge is 0.335 e. The number of hydrogen-bond donors (Lipinski definition) is 1. The van der Waals surface area contributed by atoms with Gasteiger partial charge < -0.3 is 5.32 Å². The number of nitrogens with zero attached hydrogens (tertiary/aromatic N) is 1. The first kappa shape index (κ1) is 21.1. The van der Waals surface area contributed by atoms with Crippen LogP contribution in [0.4, 0.5) is 0 Å². The first-order valence-corrected chi connectivity index (χ1v) is 8.94. The summed E-state index contributed by atoms with van der Waals surface area (Å²) in [6.45, 7) is 4.00. The molecule has 0 aliphatic heterocycles. The molecule has 0 aliphatic carbocycles. The molecule has 0 saturated carbocycles. The molecule has 0 aromatic carbocycles. The van der Waals surface area contributed by atoms with Gasteiger partial charge in [-0.15, -0.1) is 0 Å².